The summed E-state index contributed by atoms with van der Waals surface area (Å²) < 4.78 is 4.92. The minimum absolute atomic E-state index is 0.272. The Balaban J connectivity index is 3.04. The molecule has 1 rings (SSSR count). The first-order valence-electron chi connectivity index (χ1n) is 6.26. The van der Waals surface area contributed by atoms with Gasteiger partial charge in [-0.05, 0) is 33.3 Å². The minimum Gasteiger partial charge on any atom is -0.464 e. The number of ether oxygens (including phenoxy) is 1. The number of hydrogen-bond acceptors (Lipinski definition) is 3. The van der Waals surface area contributed by atoms with Crippen molar-refractivity contribution in [2.75, 3.05) is 6.61 Å². The smallest absolute Gasteiger partial charge is 0.338 e. The number of aliphatic hydroxyl groups is 1. The number of benzene rings is 1. The zero-order chi connectivity index (χ0) is 13.9. The number of carbonyl (C=O) groups excluding carboxylic acids is 1. The molecule has 3 nitrogen and oxygen atoms in total. The molecule has 0 saturated carbocycles. The first-order chi connectivity index (χ1) is 8.28. The van der Waals surface area contributed by atoms with Crippen LogP contribution in [0.5, 0.6) is 0 Å². The lowest BCUT2D eigenvalue weighted by atomic mass is 9.83. The highest BCUT2D eigenvalue weighted by atomic mass is 16.5. The van der Waals surface area contributed by atoms with Crippen LogP contribution in [0.15, 0.2) is 18.2 Å². The van der Waals surface area contributed by atoms with Gasteiger partial charge >= 0.3 is 5.97 Å². The Hall–Kier alpha value is -1.35. The van der Waals surface area contributed by atoms with Crippen LogP contribution in [0.4, 0.5) is 0 Å². The Kier molecular flexibility index (Phi) is 4.52. The van der Waals surface area contributed by atoms with E-state index < -0.39 is 11.6 Å². The number of aryl methyl sites for hydroxylation is 2. The molecule has 0 aliphatic rings. The second-order valence-corrected chi connectivity index (χ2v) is 5.01. The first-order valence-corrected chi connectivity index (χ1v) is 6.26. The molecule has 1 aromatic carbocycles. The summed E-state index contributed by atoms with van der Waals surface area (Å²) >= 11 is 0. The summed E-state index contributed by atoms with van der Waals surface area (Å²) in [5.74, 6) is -0.883. The van der Waals surface area contributed by atoms with E-state index >= 15 is 0 Å². The van der Waals surface area contributed by atoms with Gasteiger partial charge < -0.3 is 9.84 Å². The van der Waals surface area contributed by atoms with Gasteiger partial charge in [0.2, 0.25) is 0 Å². The standard InChI is InChI=1S/C15H22O3/c1-6-18-14(16)15(5,17)12(4)13-8-10(2)7-11(3)9-13/h7-9,12,17H,6H2,1-5H3. The lowest BCUT2D eigenvalue weighted by Gasteiger charge is -2.28. The molecule has 18 heavy (non-hydrogen) atoms. The van der Waals surface area contributed by atoms with E-state index in [-0.39, 0.29) is 12.5 Å². The number of hydrogen-bond donors (Lipinski definition) is 1. The Bertz CT molecular complexity index is 415. The van der Waals surface area contributed by atoms with Gasteiger partial charge in [-0.2, -0.15) is 0 Å². The van der Waals surface area contributed by atoms with Crippen molar-refractivity contribution in [3.63, 3.8) is 0 Å². The molecular formula is C15H22O3. The molecule has 2 unspecified atom stereocenters. The van der Waals surface area contributed by atoms with Gasteiger partial charge in [0.1, 0.15) is 0 Å². The van der Waals surface area contributed by atoms with E-state index in [1.165, 1.54) is 6.92 Å². The molecule has 0 aliphatic heterocycles. The van der Waals surface area contributed by atoms with Crippen molar-refractivity contribution in [2.24, 2.45) is 0 Å². The molecule has 100 valence electrons. The van der Waals surface area contributed by atoms with Gasteiger partial charge in [-0.1, -0.05) is 36.2 Å². The fourth-order valence-electron chi connectivity index (χ4n) is 2.04. The van der Waals surface area contributed by atoms with Crippen LogP contribution in [-0.2, 0) is 9.53 Å². The van der Waals surface area contributed by atoms with E-state index in [0.717, 1.165) is 16.7 Å². The molecule has 0 saturated heterocycles. The fraction of sp³-hybridized carbons (Fsp3) is 0.533. The van der Waals surface area contributed by atoms with Gasteiger partial charge in [0.05, 0.1) is 6.61 Å². The van der Waals surface area contributed by atoms with Gasteiger partial charge in [0.15, 0.2) is 5.60 Å². The van der Waals surface area contributed by atoms with E-state index in [4.69, 9.17) is 4.74 Å². The molecule has 0 spiro atoms. The van der Waals surface area contributed by atoms with Crippen molar-refractivity contribution < 1.29 is 14.6 Å². The van der Waals surface area contributed by atoms with Crippen LogP contribution in [-0.4, -0.2) is 23.3 Å². The van der Waals surface area contributed by atoms with E-state index in [1.807, 2.05) is 32.9 Å². The summed E-state index contributed by atoms with van der Waals surface area (Å²) in [5.41, 5.74) is 1.69. The predicted molar refractivity (Wildman–Crippen MR) is 71.6 cm³/mol. The van der Waals surface area contributed by atoms with Gasteiger partial charge in [-0.15, -0.1) is 0 Å². The summed E-state index contributed by atoms with van der Waals surface area (Å²) in [6.07, 6.45) is 0. The van der Waals surface area contributed by atoms with Crippen LogP contribution in [0.25, 0.3) is 0 Å². The molecular weight excluding hydrogens is 228 g/mol. The topological polar surface area (TPSA) is 46.5 Å². The minimum atomic E-state index is -1.50. The Labute approximate surface area is 109 Å². The summed E-state index contributed by atoms with van der Waals surface area (Å²) in [7, 11) is 0. The van der Waals surface area contributed by atoms with Gasteiger partial charge in [-0.3, -0.25) is 0 Å². The van der Waals surface area contributed by atoms with E-state index in [9.17, 15) is 9.90 Å². The van der Waals surface area contributed by atoms with Crippen molar-refractivity contribution in [3.8, 4) is 0 Å². The number of rotatable bonds is 4. The maximum absolute atomic E-state index is 11.8. The van der Waals surface area contributed by atoms with Crippen LogP contribution in [0.2, 0.25) is 0 Å². The lowest BCUT2D eigenvalue weighted by molar-refractivity contribution is -0.165. The average molecular weight is 250 g/mol. The zero-order valence-electron chi connectivity index (χ0n) is 11.8. The summed E-state index contributed by atoms with van der Waals surface area (Å²) in [6, 6.07) is 6.05. The largest absolute Gasteiger partial charge is 0.464 e. The van der Waals surface area contributed by atoms with E-state index in [2.05, 4.69) is 6.07 Å². The second kappa shape index (κ2) is 5.53. The van der Waals surface area contributed by atoms with Crippen LogP contribution in [0, 0.1) is 13.8 Å². The van der Waals surface area contributed by atoms with Crippen LogP contribution >= 0.6 is 0 Å². The van der Waals surface area contributed by atoms with Crippen molar-refractivity contribution in [1.29, 1.82) is 0 Å². The molecule has 0 bridgehead atoms. The third-order valence-corrected chi connectivity index (χ3v) is 3.28. The number of carbonyl (C=O) groups is 1. The quantitative estimate of drug-likeness (QED) is 0.836. The monoisotopic (exact) mass is 250 g/mol. The molecule has 2 atom stereocenters. The van der Waals surface area contributed by atoms with Crippen LogP contribution in [0.1, 0.15) is 43.4 Å². The van der Waals surface area contributed by atoms with Gasteiger partial charge in [0, 0.05) is 5.92 Å². The maximum Gasteiger partial charge on any atom is 0.338 e. The van der Waals surface area contributed by atoms with Crippen LogP contribution in [0.3, 0.4) is 0 Å². The SMILES string of the molecule is CCOC(=O)C(C)(O)C(C)c1cc(C)cc(C)c1. The Morgan fingerprint density at radius 3 is 2.28 bits per heavy atom. The highest BCUT2D eigenvalue weighted by Crippen LogP contribution is 2.30. The normalized spacial score (nSPS) is 15.9. The van der Waals surface area contributed by atoms with Gasteiger partial charge in [0.25, 0.3) is 0 Å². The molecule has 3 heteroatoms. The predicted octanol–water partition coefficient (Wildman–Crippen LogP) is 2.72. The Morgan fingerprint density at radius 1 is 1.33 bits per heavy atom. The third kappa shape index (κ3) is 3.10. The summed E-state index contributed by atoms with van der Waals surface area (Å²) in [5, 5.41) is 10.3. The van der Waals surface area contributed by atoms with E-state index in [1.54, 1.807) is 6.92 Å². The summed E-state index contributed by atoms with van der Waals surface area (Å²) in [4.78, 5) is 11.8. The lowest BCUT2D eigenvalue weighted by Crippen LogP contribution is -2.41. The first kappa shape index (κ1) is 14.7. The molecule has 1 N–H and O–H groups in total. The highest BCUT2D eigenvalue weighted by Gasteiger charge is 2.38. The molecule has 1 aromatic rings. The molecule has 0 amide bonds. The molecule has 0 fully saturated rings. The zero-order valence-corrected chi connectivity index (χ0v) is 11.8. The fourth-order valence-corrected chi connectivity index (χ4v) is 2.04. The van der Waals surface area contributed by atoms with E-state index in [0.29, 0.717) is 0 Å². The third-order valence-electron chi connectivity index (χ3n) is 3.28. The molecule has 0 aliphatic carbocycles. The maximum atomic E-state index is 11.8. The molecule has 0 heterocycles. The number of esters is 1. The van der Waals surface area contributed by atoms with Crippen molar-refractivity contribution in [1.82, 2.24) is 0 Å². The van der Waals surface area contributed by atoms with Crippen molar-refractivity contribution >= 4 is 5.97 Å². The highest BCUT2D eigenvalue weighted by molar-refractivity contribution is 5.80. The average Bonchev–Trinajstić information content (AvgIpc) is 2.26. The summed E-state index contributed by atoms with van der Waals surface area (Å²) in [6.45, 7) is 9.35. The second-order valence-electron chi connectivity index (χ2n) is 5.01. The van der Waals surface area contributed by atoms with Crippen molar-refractivity contribution in [3.05, 3.63) is 34.9 Å². The van der Waals surface area contributed by atoms with Crippen LogP contribution < -0.4 is 0 Å². The molecule has 0 aromatic heterocycles. The molecule has 0 radical (unpaired) electrons. The van der Waals surface area contributed by atoms with Gasteiger partial charge in [-0.25, -0.2) is 4.79 Å². The van der Waals surface area contributed by atoms with Crippen molar-refractivity contribution in [2.45, 2.75) is 46.1 Å². The Morgan fingerprint density at radius 2 is 1.83 bits per heavy atom.